The standard InChI is InChI=1S/C22H38N4O2/c1-6-24(7-2)14-16-26(17-15-25(8-3)9-4)22(28)21-12-10-20(11-13-21)18-23-19(5)27/h10-13H,6-9,14-18H2,1-5H3,(H,23,27). The van der Waals surface area contributed by atoms with E-state index in [0.717, 1.165) is 57.9 Å². The predicted octanol–water partition coefficient (Wildman–Crippen LogP) is 2.45. The van der Waals surface area contributed by atoms with Gasteiger partial charge in [0.1, 0.15) is 0 Å². The van der Waals surface area contributed by atoms with Gasteiger partial charge in [-0.15, -0.1) is 0 Å². The largest absolute Gasteiger partial charge is 0.352 e. The minimum absolute atomic E-state index is 0.0564. The number of benzene rings is 1. The van der Waals surface area contributed by atoms with Crippen LogP contribution < -0.4 is 5.32 Å². The Balaban J connectivity index is 2.81. The molecule has 1 N–H and O–H groups in total. The van der Waals surface area contributed by atoms with Crippen LogP contribution in [0.15, 0.2) is 24.3 Å². The third kappa shape index (κ3) is 8.40. The number of nitrogens with zero attached hydrogens (tertiary/aromatic N) is 3. The Kier molecular flexibility index (Phi) is 11.4. The summed E-state index contributed by atoms with van der Waals surface area (Å²) in [5, 5.41) is 2.78. The highest BCUT2D eigenvalue weighted by molar-refractivity contribution is 5.94. The monoisotopic (exact) mass is 390 g/mol. The summed E-state index contributed by atoms with van der Waals surface area (Å²) in [6.07, 6.45) is 0. The molecule has 0 aliphatic rings. The van der Waals surface area contributed by atoms with E-state index in [9.17, 15) is 9.59 Å². The maximum Gasteiger partial charge on any atom is 0.253 e. The quantitative estimate of drug-likeness (QED) is 0.562. The highest BCUT2D eigenvalue weighted by Gasteiger charge is 2.17. The molecule has 0 bridgehead atoms. The van der Waals surface area contributed by atoms with Crippen molar-refractivity contribution in [3.63, 3.8) is 0 Å². The molecule has 1 aromatic carbocycles. The van der Waals surface area contributed by atoms with E-state index in [0.29, 0.717) is 12.1 Å². The van der Waals surface area contributed by atoms with Crippen molar-refractivity contribution in [3.05, 3.63) is 35.4 Å². The zero-order chi connectivity index (χ0) is 20.9. The Bertz CT molecular complexity index is 565. The topological polar surface area (TPSA) is 55.9 Å². The van der Waals surface area contributed by atoms with E-state index < -0.39 is 0 Å². The molecule has 0 fully saturated rings. The molecule has 0 heterocycles. The Hall–Kier alpha value is -1.92. The second-order valence-electron chi connectivity index (χ2n) is 6.95. The van der Waals surface area contributed by atoms with Gasteiger partial charge < -0.3 is 20.0 Å². The van der Waals surface area contributed by atoms with Gasteiger partial charge >= 0.3 is 0 Å². The lowest BCUT2D eigenvalue weighted by Gasteiger charge is -2.29. The average Bonchev–Trinajstić information content (AvgIpc) is 2.71. The smallest absolute Gasteiger partial charge is 0.253 e. The number of nitrogens with one attached hydrogen (secondary N) is 1. The number of hydrogen-bond donors (Lipinski definition) is 1. The molecule has 0 unspecified atom stereocenters. The summed E-state index contributed by atoms with van der Waals surface area (Å²) >= 11 is 0. The molecule has 0 aliphatic heterocycles. The van der Waals surface area contributed by atoms with E-state index in [2.05, 4.69) is 42.8 Å². The van der Waals surface area contributed by atoms with Crippen LogP contribution in [0.25, 0.3) is 0 Å². The molecule has 1 aromatic rings. The highest BCUT2D eigenvalue weighted by atomic mass is 16.2. The third-order valence-electron chi connectivity index (χ3n) is 5.19. The van der Waals surface area contributed by atoms with Crippen molar-refractivity contribution in [2.45, 2.75) is 41.2 Å². The lowest BCUT2D eigenvalue weighted by Crippen LogP contribution is -2.42. The average molecular weight is 391 g/mol. The van der Waals surface area contributed by atoms with Crippen molar-refractivity contribution in [1.29, 1.82) is 0 Å². The normalized spacial score (nSPS) is 11.1. The molecule has 0 aromatic heterocycles. The molecule has 6 heteroatoms. The summed E-state index contributed by atoms with van der Waals surface area (Å²) in [5.41, 5.74) is 1.69. The number of rotatable bonds is 13. The van der Waals surface area contributed by atoms with Crippen LogP contribution in [-0.2, 0) is 11.3 Å². The second kappa shape index (κ2) is 13.3. The van der Waals surface area contributed by atoms with E-state index in [1.807, 2.05) is 29.2 Å². The minimum atomic E-state index is -0.0564. The molecule has 0 aliphatic carbocycles. The van der Waals surface area contributed by atoms with Crippen molar-refractivity contribution in [2.24, 2.45) is 0 Å². The van der Waals surface area contributed by atoms with Crippen molar-refractivity contribution in [1.82, 2.24) is 20.0 Å². The summed E-state index contributed by atoms with van der Waals surface area (Å²) in [7, 11) is 0. The van der Waals surface area contributed by atoms with Gasteiger partial charge in [-0.3, -0.25) is 9.59 Å². The molecule has 1 rings (SSSR count). The van der Waals surface area contributed by atoms with Gasteiger partial charge in [0.15, 0.2) is 0 Å². The van der Waals surface area contributed by atoms with Crippen LogP contribution in [0.4, 0.5) is 0 Å². The lowest BCUT2D eigenvalue weighted by molar-refractivity contribution is -0.119. The zero-order valence-electron chi connectivity index (χ0n) is 18.3. The number of carbonyl (C=O) groups excluding carboxylic acids is 2. The van der Waals surface area contributed by atoms with Crippen molar-refractivity contribution in [2.75, 3.05) is 52.4 Å². The molecule has 0 spiro atoms. The highest BCUT2D eigenvalue weighted by Crippen LogP contribution is 2.09. The molecule has 0 radical (unpaired) electrons. The Labute approximate surface area is 170 Å². The summed E-state index contributed by atoms with van der Waals surface area (Å²) in [4.78, 5) is 30.8. The van der Waals surface area contributed by atoms with Crippen LogP contribution in [-0.4, -0.2) is 78.9 Å². The lowest BCUT2D eigenvalue weighted by atomic mass is 10.1. The summed E-state index contributed by atoms with van der Waals surface area (Å²) in [6, 6.07) is 7.55. The van der Waals surface area contributed by atoms with Gasteiger partial charge in [-0.2, -0.15) is 0 Å². The first kappa shape index (κ1) is 24.1. The third-order valence-corrected chi connectivity index (χ3v) is 5.19. The van der Waals surface area contributed by atoms with Crippen LogP contribution in [0.5, 0.6) is 0 Å². The molecule has 0 atom stereocenters. The molecule has 158 valence electrons. The van der Waals surface area contributed by atoms with E-state index in [4.69, 9.17) is 0 Å². The van der Waals surface area contributed by atoms with Gasteiger partial charge in [-0.1, -0.05) is 39.8 Å². The number of hydrogen-bond acceptors (Lipinski definition) is 4. The van der Waals surface area contributed by atoms with Crippen molar-refractivity contribution < 1.29 is 9.59 Å². The first-order valence-corrected chi connectivity index (χ1v) is 10.5. The van der Waals surface area contributed by atoms with Crippen LogP contribution >= 0.6 is 0 Å². The van der Waals surface area contributed by atoms with Gasteiger partial charge in [0.05, 0.1) is 0 Å². The van der Waals surface area contributed by atoms with Crippen LogP contribution in [0.2, 0.25) is 0 Å². The fourth-order valence-electron chi connectivity index (χ4n) is 3.09. The number of carbonyl (C=O) groups is 2. The molecule has 2 amide bonds. The van der Waals surface area contributed by atoms with Gasteiger partial charge in [0, 0.05) is 45.2 Å². The first-order valence-electron chi connectivity index (χ1n) is 10.5. The van der Waals surface area contributed by atoms with Crippen LogP contribution in [0.3, 0.4) is 0 Å². The maximum atomic E-state index is 13.1. The molecular weight excluding hydrogens is 352 g/mol. The predicted molar refractivity (Wildman–Crippen MR) is 115 cm³/mol. The summed E-state index contributed by atoms with van der Waals surface area (Å²) in [6.45, 7) is 17.8. The molecule has 0 saturated carbocycles. The fourth-order valence-corrected chi connectivity index (χ4v) is 3.09. The van der Waals surface area contributed by atoms with Crippen molar-refractivity contribution >= 4 is 11.8 Å². The van der Waals surface area contributed by atoms with E-state index in [-0.39, 0.29) is 11.8 Å². The molecule has 28 heavy (non-hydrogen) atoms. The molecule has 0 saturated heterocycles. The van der Waals surface area contributed by atoms with E-state index in [1.54, 1.807) is 0 Å². The van der Waals surface area contributed by atoms with E-state index >= 15 is 0 Å². The zero-order valence-corrected chi connectivity index (χ0v) is 18.3. The Morgan fingerprint density at radius 1 is 0.786 bits per heavy atom. The number of likely N-dealkylation sites (N-methyl/N-ethyl adjacent to an activating group) is 2. The van der Waals surface area contributed by atoms with Crippen LogP contribution in [0.1, 0.15) is 50.5 Å². The molecule has 6 nitrogen and oxygen atoms in total. The van der Waals surface area contributed by atoms with E-state index in [1.165, 1.54) is 6.92 Å². The van der Waals surface area contributed by atoms with Gasteiger partial charge in [0.2, 0.25) is 5.91 Å². The number of amides is 2. The SMILES string of the molecule is CCN(CC)CCN(CCN(CC)CC)C(=O)c1ccc(CNC(C)=O)cc1. The Morgan fingerprint density at radius 2 is 1.25 bits per heavy atom. The second-order valence-corrected chi connectivity index (χ2v) is 6.95. The minimum Gasteiger partial charge on any atom is -0.352 e. The van der Waals surface area contributed by atoms with Gasteiger partial charge in [-0.05, 0) is 43.9 Å². The van der Waals surface area contributed by atoms with Gasteiger partial charge in [0.25, 0.3) is 5.91 Å². The van der Waals surface area contributed by atoms with Crippen molar-refractivity contribution in [3.8, 4) is 0 Å². The first-order chi connectivity index (χ1) is 13.4. The van der Waals surface area contributed by atoms with Crippen LogP contribution in [0, 0.1) is 0 Å². The maximum absolute atomic E-state index is 13.1. The van der Waals surface area contributed by atoms with Gasteiger partial charge in [-0.25, -0.2) is 0 Å². The fraction of sp³-hybridized carbons (Fsp3) is 0.636. The molecular formula is C22H38N4O2. The Morgan fingerprint density at radius 3 is 1.64 bits per heavy atom. The summed E-state index contributed by atoms with van der Waals surface area (Å²) < 4.78 is 0. The summed E-state index contributed by atoms with van der Waals surface area (Å²) in [5.74, 6) is 0.0181.